The number of benzene rings is 1. The van der Waals surface area contributed by atoms with E-state index >= 15 is 0 Å². The van der Waals surface area contributed by atoms with E-state index in [0.717, 1.165) is 25.9 Å². The zero-order chi connectivity index (χ0) is 21.0. The van der Waals surface area contributed by atoms with Gasteiger partial charge in [-0.3, -0.25) is 9.69 Å². The fraction of sp³-hybridized carbons (Fsp3) is 0.600. The van der Waals surface area contributed by atoms with Gasteiger partial charge in [0, 0.05) is 39.3 Å². The summed E-state index contributed by atoms with van der Waals surface area (Å²) >= 11 is 0. The van der Waals surface area contributed by atoms with Crippen molar-refractivity contribution < 1.29 is 22.7 Å². The van der Waals surface area contributed by atoms with E-state index < -0.39 is 16.0 Å². The number of sulfonamides is 1. The van der Waals surface area contributed by atoms with Crippen LogP contribution in [0.15, 0.2) is 23.1 Å². The Morgan fingerprint density at radius 2 is 1.66 bits per heavy atom. The van der Waals surface area contributed by atoms with Crippen LogP contribution in [-0.2, 0) is 19.6 Å². The lowest BCUT2D eigenvalue weighted by Gasteiger charge is -2.35. The third kappa shape index (κ3) is 4.96. The number of amides is 1. The van der Waals surface area contributed by atoms with Gasteiger partial charge in [-0.05, 0) is 49.9 Å². The number of hydrogen-bond donors (Lipinski definition) is 0. The molecule has 2 fully saturated rings. The van der Waals surface area contributed by atoms with Crippen molar-refractivity contribution in [3.63, 3.8) is 0 Å². The molecular weight excluding hydrogens is 394 g/mol. The summed E-state index contributed by atoms with van der Waals surface area (Å²) in [6, 6.07) is 4.47. The Balaban J connectivity index is 1.61. The van der Waals surface area contributed by atoms with Gasteiger partial charge in [0.1, 0.15) is 0 Å². The molecule has 0 saturated carbocycles. The first-order valence-corrected chi connectivity index (χ1v) is 11.5. The first-order chi connectivity index (χ1) is 13.8. The number of rotatable bonds is 5. The smallest absolute Gasteiger partial charge is 0.337 e. The van der Waals surface area contributed by atoms with E-state index in [9.17, 15) is 18.0 Å². The predicted molar refractivity (Wildman–Crippen MR) is 108 cm³/mol. The molecule has 29 heavy (non-hydrogen) atoms. The molecule has 0 aromatic heterocycles. The van der Waals surface area contributed by atoms with Crippen LogP contribution in [-0.4, -0.2) is 87.3 Å². The predicted octanol–water partition coefficient (Wildman–Crippen LogP) is 1.10. The zero-order valence-electron chi connectivity index (χ0n) is 17.1. The van der Waals surface area contributed by atoms with Crippen molar-refractivity contribution in [2.45, 2.75) is 31.1 Å². The minimum Gasteiger partial charge on any atom is -0.465 e. The largest absolute Gasteiger partial charge is 0.465 e. The van der Waals surface area contributed by atoms with Crippen molar-refractivity contribution in [2.75, 3.05) is 52.9 Å². The van der Waals surface area contributed by atoms with Gasteiger partial charge in [0.05, 0.1) is 24.1 Å². The highest BCUT2D eigenvalue weighted by atomic mass is 32.2. The Morgan fingerprint density at radius 3 is 2.24 bits per heavy atom. The Labute approximate surface area is 172 Å². The van der Waals surface area contributed by atoms with Gasteiger partial charge >= 0.3 is 5.97 Å². The Morgan fingerprint density at radius 1 is 1.00 bits per heavy atom. The number of carbonyl (C=O) groups is 2. The van der Waals surface area contributed by atoms with Crippen LogP contribution >= 0.6 is 0 Å². The van der Waals surface area contributed by atoms with Gasteiger partial charge in [0.2, 0.25) is 15.9 Å². The summed E-state index contributed by atoms with van der Waals surface area (Å²) in [6.07, 6.45) is 3.30. The number of methoxy groups -OCH3 is 1. The molecule has 2 aliphatic rings. The summed E-state index contributed by atoms with van der Waals surface area (Å²) in [5.41, 5.74) is 0.834. The maximum Gasteiger partial charge on any atom is 0.337 e. The number of esters is 1. The Bertz CT molecular complexity index is 857. The van der Waals surface area contributed by atoms with Crippen LogP contribution in [0.4, 0.5) is 0 Å². The number of aryl methyl sites for hydroxylation is 1. The summed E-state index contributed by atoms with van der Waals surface area (Å²) in [5, 5.41) is 0. The number of piperazine rings is 1. The lowest BCUT2D eigenvalue weighted by atomic mass is 10.1. The molecule has 2 aliphatic heterocycles. The molecule has 0 spiro atoms. The Hall–Kier alpha value is -1.97. The number of hydrogen-bond acceptors (Lipinski definition) is 6. The van der Waals surface area contributed by atoms with Crippen molar-refractivity contribution in [3.05, 3.63) is 29.3 Å². The van der Waals surface area contributed by atoms with Crippen LogP contribution in [0.25, 0.3) is 0 Å². The van der Waals surface area contributed by atoms with Crippen molar-refractivity contribution in [2.24, 2.45) is 0 Å². The molecular formula is C20H29N3O5S. The van der Waals surface area contributed by atoms with Gasteiger partial charge in [-0.25, -0.2) is 13.2 Å². The molecule has 160 valence electrons. The summed E-state index contributed by atoms with van der Waals surface area (Å²) in [4.78, 5) is 28.2. The molecule has 3 rings (SSSR count). The minimum absolute atomic E-state index is 0.134. The fourth-order valence-corrected chi connectivity index (χ4v) is 5.51. The summed E-state index contributed by atoms with van der Waals surface area (Å²) in [7, 11) is -2.37. The third-order valence-corrected chi connectivity index (χ3v) is 7.67. The number of nitrogens with zero attached hydrogens (tertiary/aromatic N) is 3. The minimum atomic E-state index is -3.66. The molecule has 0 unspecified atom stereocenters. The highest BCUT2D eigenvalue weighted by molar-refractivity contribution is 7.89. The highest BCUT2D eigenvalue weighted by Gasteiger charge is 2.31. The van der Waals surface area contributed by atoms with Crippen LogP contribution in [0, 0.1) is 6.92 Å². The molecule has 1 aromatic rings. The second-order valence-electron chi connectivity index (χ2n) is 7.59. The second-order valence-corrected chi connectivity index (χ2v) is 9.50. The molecule has 1 aromatic carbocycles. The lowest BCUT2D eigenvalue weighted by Crippen LogP contribution is -2.52. The van der Waals surface area contributed by atoms with E-state index in [1.807, 2.05) is 9.80 Å². The first kappa shape index (κ1) is 21.7. The number of carbonyl (C=O) groups excluding carboxylic acids is 2. The molecule has 1 amide bonds. The third-order valence-electron chi connectivity index (χ3n) is 5.61. The van der Waals surface area contributed by atoms with E-state index in [2.05, 4.69) is 4.74 Å². The van der Waals surface area contributed by atoms with Crippen LogP contribution < -0.4 is 0 Å². The van der Waals surface area contributed by atoms with Crippen LogP contribution in [0.5, 0.6) is 0 Å². The van der Waals surface area contributed by atoms with Crippen molar-refractivity contribution in [1.29, 1.82) is 0 Å². The van der Waals surface area contributed by atoms with E-state index in [1.165, 1.54) is 36.0 Å². The zero-order valence-corrected chi connectivity index (χ0v) is 17.9. The average Bonchev–Trinajstić information content (AvgIpc) is 2.73. The molecule has 0 atom stereocenters. The highest BCUT2D eigenvalue weighted by Crippen LogP contribution is 2.23. The van der Waals surface area contributed by atoms with Gasteiger partial charge in [-0.1, -0.05) is 0 Å². The first-order valence-electron chi connectivity index (χ1n) is 10.0. The van der Waals surface area contributed by atoms with Gasteiger partial charge in [0.15, 0.2) is 0 Å². The van der Waals surface area contributed by atoms with E-state index in [4.69, 9.17) is 0 Å². The summed E-state index contributed by atoms with van der Waals surface area (Å²) < 4.78 is 32.2. The van der Waals surface area contributed by atoms with Gasteiger partial charge < -0.3 is 9.64 Å². The topological polar surface area (TPSA) is 87.2 Å². The summed E-state index contributed by atoms with van der Waals surface area (Å²) in [6.45, 7) is 5.41. The quantitative estimate of drug-likeness (QED) is 0.659. The van der Waals surface area contributed by atoms with Gasteiger partial charge in [-0.2, -0.15) is 4.31 Å². The van der Waals surface area contributed by atoms with E-state index in [-0.39, 0.29) is 10.8 Å². The standard InChI is InChI=1S/C20H29N3O5S/c1-16-14-17(20(25)28-2)6-7-18(16)29(26,27)23-12-10-21(11-13-23)15-19(24)22-8-4-3-5-9-22/h6-7,14H,3-5,8-13,15H2,1-2H3. The Kier molecular flexibility index (Phi) is 6.92. The number of ether oxygens (including phenoxy) is 1. The molecule has 0 bridgehead atoms. The van der Waals surface area contributed by atoms with Crippen LogP contribution in [0.2, 0.25) is 0 Å². The fourth-order valence-electron chi connectivity index (χ4n) is 3.89. The molecule has 0 aliphatic carbocycles. The van der Waals surface area contributed by atoms with Gasteiger partial charge in [-0.15, -0.1) is 0 Å². The van der Waals surface area contributed by atoms with Crippen molar-refractivity contribution >= 4 is 21.9 Å². The second kappa shape index (κ2) is 9.23. The molecule has 2 saturated heterocycles. The SMILES string of the molecule is COC(=O)c1ccc(S(=O)(=O)N2CCN(CC(=O)N3CCCCC3)CC2)c(C)c1. The molecule has 0 N–H and O–H groups in total. The van der Waals surface area contributed by atoms with Crippen molar-refractivity contribution in [3.8, 4) is 0 Å². The van der Waals surface area contributed by atoms with Gasteiger partial charge in [0.25, 0.3) is 0 Å². The normalized spacial score (nSPS) is 19.2. The van der Waals surface area contributed by atoms with Crippen molar-refractivity contribution in [1.82, 2.24) is 14.1 Å². The molecule has 0 radical (unpaired) electrons. The molecule has 2 heterocycles. The number of piperidine rings is 1. The maximum atomic E-state index is 13.1. The van der Waals surface area contributed by atoms with E-state index in [1.54, 1.807) is 6.92 Å². The molecule has 9 heteroatoms. The van der Waals surface area contributed by atoms with E-state index in [0.29, 0.717) is 43.9 Å². The van der Waals surface area contributed by atoms with Crippen LogP contribution in [0.3, 0.4) is 0 Å². The maximum absolute atomic E-state index is 13.1. The monoisotopic (exact) mass is 423 g/mol. The lowest BCUT2D eigenvalue weighted by molar-refractivity contribution is -0.133. The number of likely N-dealkylation sites (tertiary alicyclic amines) is 1. The molecule has 8 nitrogen and oxygen atoms in total. The van der Waals surface area contributed by atoms with Crippen LogP contribution in [0.1, 0.15) is 35.2 Å². The summed E-state index contributed by atoms with van der Waals surface area (Å²) in [5.74, 6) is -0.362. The average molecular weight is 424 g/mol.